The van der Waals surface area contributed by atoms with Crippen molar-refractivity contribution in [1.29, 1.82) is 0 Å². The van der Waals surface area contributed by atoms with Crippen LogP contribution >= 0.6 is 11.6 Å². The van der Waals surface area contributed by atoms with Crippen LogP contribution in [0.2, 0.25) is 0 Å². The van der Waals surface area contributed by atoms with Crippen molar-refractivity contribution in [1.82, 2.24) is 0 Å². The topological polar surface area (TPSA) is 30.2 Å². The standard InChI is InChI=1S/C20H17ClO2/c1-2-3-7-14-17(19(22)18(14)21)15-10-6-9-13-12-8-4-5-11-16(12)23-20(13)15/h4-6,8-11,17H,2-3,7H2,1H3/t17-/m0/s1. The summed E-state index contributed by atoms with van der Waals surface area (Å²) in [7, 11) is 0. The molecule has 1 heterocycles. The maximum absolute atomic E-state index is 12.4. The molecule has 2 aromatic carbocycles. The number of hydrogen-bond acceptors (Lipinski definition) is 2. The van der Waals surface area contributed by atoms with Gasteiger partial charge in [0.1, 0.15) is 11.2 Å². The van der Waals surface area contributed by atoms with Gasteiger partial charge < -0.3 is 4.42 Å². The first kappa shape index (κ1) is 14.5. The summed E-state index contributed by atoms with van der Waals surface area (Å²) >= 11 is 6.18. The van der Waals surface area contributed by atoms with Gasteiger partial charge in [-0.3, -0.25) is 4.79 Å². The number of halogens is 1. The molecule has 0 aliphatic heterocycles. The largest absolute Gasteiger partial charge is 0.456 e. The van der Waals surface area contributed by atoms with E-state index < -0.39 is 0 Å². The summed E-state index contributed by atoms with van der Waals surface area (Å²) in [4.78, 5) is 12.4. The summed E-state index contributed by atoms with van der Waals surface area (Å²) in [5.41, 5.74) is 3.67. The highest BCUT2D eigenvalue weighted by molar-refractivity contribution is 6.47. The number of furan rings is 1. The zero-order valence-electron chi connectivity index (χ0n) is 12.9. The van der Waals surface area contributed by atoms with E-state index >= 15 is 0 Å². The lowest BCUT2D eigenvalue weighted by molar-refractivity contribution is -0.117. The number of carbonyl (C=O) groups is 1. The van der Waals surface area contributed by atoms with Gasteiger partial charge in [0.15, 0.2) is 5.78 Å². The Hall–Kier alpha value is -2.06. The average molecular weight is 325 g/mol. The molecule has 0 N–H and O–H groups in total. The lowest BCUT2D eigenvalue weighted by Crippen LogP contribution is -2.27. The van der Waals surface area contributed by atoms with Crippen LogP contribution in [0.25, 0.3) is 21.9 Å². The maximum atomic E-state index is 12.4. The highest BCUT2D eigenvalue weighted by Crippen LogP contribution is 2.46. The minimum Gasteiger partial charge on any atom is -0.456 e. The van der Waals surface area contributed by atoms with Crippen molar-refractivity contribution in [2.45, 2.75) is 32.1 Å². The number of rotatable bonds is 4. The molecule has 0 bridgehead atoms. The highest BCUT2D eigenvalue weighted by Gasteiger charge is 2.40. The van der Waals surface area contributed by atoms with Crippen LogP contribution in [-0.2, 0) is 4.79 Å². The molecule has 0 unspecified atom stereocenters. The fourth-order valence-electron chi connectivity index (χ4n) is 3.44. The Labute approximate surface area is 139 Å². The first-order valence-electron chi connectivity index (χ1n) is 8.05. The number of para-hydroxylation sites is 2. The van der Waals surface area contributed by atoms with E-state index in [0.717, 1.165) is 52.3 Å². The third kappa shape index (κ3) is 2.13. The summed E-state index contributed by atoms with van der Waals surface area (Å²) in [5, 5.41) is 2.57. The Bertz CT molecular complexity index is 949. The second-order valence-corrected chi connectivity index (χ2v) is 6.44. The number of unbranched alkanes of at least 4 members (excludes halogenated alkanes) is 1. The quantitative estimate of drug-likeness (QED) is 0.595. The van der Waals surface area contributed by atoms with Crippen LogP contribution in [0.4, 0.5) is 0 Å². The van der Waals surface area contributed by atoms with Crippen LogP contribution in [-0.4, -0.2) is 5.78 Å². The molecule has 0 spiro atoms. The lowest BCUT2D eigenvalue weighted by Gasteiger charge is -2.29. The Morgan fingerprint density at radius 2 is 1.87 bits per heavy atom. The Morgan fingerprint density at radius 1 is 1.09 bits per heavy atom. The van der Waals surface area contributed by atoms with Crippen molar-refractivity contribution in [2.24, 2.45) is 0 Å². The van der Waals surface area contributed by atoms with Crippen molar-refractivity contribution < 1.29 is 9.21 Å². The molecule has 23 heavy (non-hydrogen) atoms. The van der Waals surface area contributed by atoms with Crippen molar-refractivity contribution in [2.75, 3.05) is 0 Å². The van der Waals surface area contributed by atoms with Gasteiger partial charge in [-0.05, 0) is 24.5 Å². The van der Waals surface area contributed by atoms with E-state index in [2.05, 4.69) is 6.92 Å². The summed E-state index contributed by atoms with van der Waals surface area (Å²) < 4.78 is 6.06. The Kier molecular flexibility index (Phi) is 3.50. The van der Waals surface area contributed by atoms with Crippen LogP contribution < -0.4 is 0 Å². The highest BCUT2D eigenvalue weighted by atomic mass is 35.5. The number of fused-ring (bicyclic) bond motifs is 3. The van der Waals surface area contributed by atoms with E-state index in [1.165, 1.54) is 0 Å². The number of ketones is 1. The third-order valence-corrected chi connectivity index (χ3v) is 5.08. The first-order valence-corrected chi connectivity index (χ1v) is 8.43. The van der Waals surface area contributed by atoms with Gasteiger partial charge in [0, 0.05) is 16.3 Å². The zero-order valence-corrected chi connectivity index (χ0v) is 13.7. The molecule has 0 amide bonds. The number of hydrogen-bond donors (Lipinski definition) is 0. The van der Waals surface area contributed by atoms with Gasteiger partial charge in [-0.15, -0.1) is 0 Å². The van der Waals surface area contributed by atoms with Crippen LogP contribution in [0, 0.1) is 0 Å². The van der Waals surface area contributed by atoms with Gasteiger partial charge in [0.2, 0.25) is 0 Å². The molecule has 0 radical (unpaired) electrons. The normalized spacial score (nSPS) is 18.0. The average Bonchev–Trinajstić information content (AvgIpc) is 2.97. The second kappa shape index (κ2) is 5.54. The van der Waals surface area contributed by atoms with E-state index in [4.69, 9.17) is 16.0 Å². The summed E-state index contributed by atoms with van der Waals surface area (Å²) in [6.45, 7) is 2.14. The van der Waals surface area contributed by atoms with Crippen molar-refractivity contribution in [3.8, 4) is 0 Å². The van der Waals surface area contributed by atoms with E-state index in [0.29, 0.717) is 5.03 Å². The van der Waals surface area contributed by atoms with E-state index in [1.807, 2.05) is 42.5 Å². The van der Waals surface area contributed by atoms with Gasteiger partial charge in [-0.2, -0.15) is 0 Å². The fraction of sp³-hybridized carbons (Fsp3) is 0.250. The molecule has 0 saturated carbocycles. The predicted octanol–water partition coefficient (Wildman–Crippen LogP) is 5.94. The molecule has 116 valence electrons. The predicted molar refractivity (Wildman–Crippen MR) is 93.9 cm³/mol. The van der Waals surface area contributed by atoms with Gasteiger partial charge >= 0.3 is 0 Å². The molecule has 1 aliphatic carbocycles. The van der Waals surface area contributed by atoms with Crippen LogP contribution in [0.5, 0.6) is 0 Å². The molecule has 1 aliphatic rings. The molecular weight excluding hydrogens is 308 g/mol. The molecular formula is C20H17ClO2. The van der Waals surface area contributed by atoms with Crippen LogP contribution in [0.3, 0.4) is 0 Å². The van der Waals surface area contributed by atoms with Crippen molar-refractivity contribution in [3.63, 3.8) is 0 Å². The first-order chi connectivity index (χ1) is 11.2. The second-order valence-electron chi connectivity index (χ2n) is 6.06. The molecule has 0 fully saturated rings. The smallest absolute Gasteiger partial charge is 0.185 e. The molecule has 2 nitrogen and oxygen atoms in total. The zero-order chi connectivity index (χ0) is 16.0. The number of carbonyl (C=O) groups excluding carboxylic acids is 1. The van der Waals surface area contributed by atoms with Gasteiger partial charge in [-0.25, -0.2) is 0 Å². The molecule has 1 aromatic heterocycles. The number of benzene rings is 2. The fourth-order valence-corrected chi connectivity index (χ4v) is 3.75. The van der Waals surface area contributed by atoms with Gasteiger partial charge in [-0.1, -0.05) is 61.3 Å². The summed E-state index contributed by atoms with van der Waals surface area (Å²) in [6, 6.07) is 14.0. The van der Waals surface area contributed by atoms with Crippen LogP contribution in [0.15, 0.2) is 57.5 Å². The van der Waals surface area contributed by atoms with E-state index in [9.17, 15) is 4.79 Å². The number of Topliss-reactive ketones (excluding diaryl/α,β-unsaturated/α-hetero) is 1. The van der Waals surface area contributed by atoms with Crippen molar-refractivity contribution in [3.05, 3.63) is 58.6 Å². The van der Waals surface area contributed by atoms with E-state index in [-0.39, 0.29) is 11.7 Å². The van der Waals surface area contributed by atoms with Gasteiger partial charge in [0.05, 0.1) is 11.0 Å². The molecule has 4 rings (SSSR count). The monoisotopic (exact) mass is 324 g/mol. The van der Waals surface area contributed by atoms with Gasteiger partial charge in [0.25, 0.3) is 0 Å². The molecule has 1 atom stereocenters. The maximum Gasteiger partial charge on any atom is 0.185 e. The summed E-state index contributed by atoms with van der Waals surface area (Å²) in [6.07, 6.45) is 3.01. The Balaban J connectivity index is 1.88. The SMILES string of the molecule is CCCCC1=C(Cl)C(=O)[C@@H]1c1cccc2c1oc1ccccc12. The minimum absolute atomic E-state index is 0.0192. The van der Waals surface area contributed by atoms with Crippen molar-refractivity contribution >= 4 is 39.3 Å². The molecule has 3 aromatic rings. The minimum atomic E-state index is -0.238. The Morgan fingerprint density at radius 3 is 2.70 bits per heavy atom. The van der Waals surface area contributed by atoms with Crippen LogP contribution in [0.1, 0.15) is 37.7 Å². The van der Waals surface area contributed by atoms with E-state index in [1.54, 1.807) is 0 Å². The number of allylic oxidation sites excluding steroid dienone is 2. The summed E-state index contributed by atoms with van der Waals surface area (Å²) in [5.74, 6) is -0.218. The molecule has 0 saturated heterocycles. The molecule has 3 heteroatoms. The third-order valence-electron chi connectivity index (χ3n) is 4.65. The lowest BCUT2D eigenvalue weighted by atomic mass is 9.75.